The molecule has 0 unspecified atom stereocenters. The minimum Gasteiger partial charge on any atom is -0.487 e. The van der Waals surface area contributed by atoms with Crippen molar-refractivity contribution >= 4 is 17.3 Å². The van der Waals surface area contributed by atoms with Crippen LogP contribution in [0.2, 0.25) is 0 Å². The molecule has 120 valence electrons. The van der Waals surface area contributed by atoms with Crippen LogP contribution < -0.4 is 10.1 Å². The lowest BCUT2D eigenvalue weighted by atomic mass is 10.1. The normalized spacial score (nSPS) is 10.2. The van der Waals surface area contributed by atoms with Crippen LogP contribution in [0.3, 0.4) is 0 Å². The summed E-state index contributed by atoms with van der Waals surface area (Å²) < 4.78 is 5.78. The first-order valence-corrected chi connectivity index (χ1v) is 7.12. The van der Waals surface area contributed by atoms with Gasteiger partial charge in [0.05, 0.1) is 10.6 Å². The number of carbonyl (C=O) groups is 1. The number of nitrogens with one attached hydrogen (secondary N) is 1. The molecule has 0 heterocycles. The van der Waals surface area contributed by atoms with Gasteiger partial charge in [-0.15, -0.1) is 0 Å². The van der Waals surface area contributed by atoms with Gasteiger partial charge in [-0.1, -0.05) is 18.2 Å². The summed E-state index contributed by atoms with van der Waals surface area (Å²) in [6.45, 7) is 5.22. The molecule has 0 spiro atoms. The zero-order valence-corrected chi connectivity index (χ0v) is 13.3. The Morgan fingerprint density at radius 3 is 2.65 bits per heavy atom. The lowest BCUT2D eigenvalue weighted by Gasteiger charge is -2.13. The van der Waals surface area contributed by atoms with Crippen molar-refractivity contribution < 1.29 is 14.5 Å². The van der Waals surface area contributed by atoms with Crippen LogP contribution in [-0.2, 0) is 11.4 Å². The first kappa shape index (κ1) is 16.5. The molecule has 2 rings (SSSR count). The van der Waals surface area contributed by atoms with Gasteiger partial charge >= 0.3 is 0 Å². The Bertz CT molecular complexity index is 756. The molecule has 1 N–H and O–H groups in total. The number of nitrogens with zero attached hydrogens (tertiary/aromatic N) is 1. The first-order valence-electron chi connectivity index (χ1n) is 7.12. The number of hydrogen-bond acceptors (Lipinski definition) is 4. The lowest BCUT2D eigenvalue weighted by molar-refractivity contribution is -0.385. The molecule has 0 aromatic heterocycles. The molecule has 6 heteroatoms. The third kappa shape index (κ3) is 4.06. The Balaban J connectivity index is 2.24. The van der Waals surface area contributed by atoms with Crippen LogP contribution in [-0.4, -0.2) is 10.8 Å². The Kier molecular flexibility index (Phi) is 4.95. The van der Waals surface area contributed by atoms with E-state index >= 15 is 0 Å². The average molecular weight is 314 g/mol. The van der Waals surface area contributed by atoms with E-state index in [2.05, 4.69) is 5.32 Å². The van der Waals surface area contributed by atoms with Gasteiger partial charge in [-0.25, -0.2) is 0 Å². The van der Waals surface area contributed by atoms with Crippen LogP contribution >= 0.6 is 0 Å². The largest absolute Gasteiger partial charge is 0.487 e. The van der Waals surface area contributed by atoms with Gasteiger partial charge in [-0.3, -0.25) is 14.9 Å². The maximum Gasteiger partial charge on any atom is 0.272 e. The summed E-state index contributed by atoms with van der Waals surface area (Å²) in [6, 6.07) is 10.3. The van der Waals surface area contributed by atoms with Crippen molar-refractivity contribution in [2.45, 2.75) is 27.4 Å². The van der Waals surface area contributed by atoms with E-state index in [-0.39, 0.29) is 18.2 Å². The summed E-state index contributed by atoms with van der Waals surface area (Å²) >= 11 is 0. The Labute approximate surface area is 134 Å². The molecule has 6 nitrogen and oxygen atoms in total. The predicted octanol–water partition coefficient (Wildman–Crippen LogP) is 3.75. The highest BCUT2D eigenvalue weighted by Gasteiger charge is 2.14. The van der Waals surface area contributed by atoms with Crippen LogP contribution in [0.15, 0.2) is 36.4 Å². The molecule has 0 radical (unpaired) electrons. The maximum absolute atomic E-state index is 11.3. The van der Waals surface area contributed by atoms with Gasteiger partial charge < -0.3 is 10.1 Å². The predicted molar refractivity (Wildman–Crippen MR) is 87.6 cm³/mol. The molecule has 0 bridgehead atoms. The highest BCUT2D eigenvalue weighted by molar-refractivity contribution is 5.90. The Hall–Kier alpha value is -2.89. The van der Waals surface area contributed by atoms with E-state index in [0.29, 0.717) is 17.0 Å². The number of carbonyl (C=O) groups excluding carboxylic acids is 1. The third-order valence-electron chi connectivity index (χ3n) is 3.45. The van der Waals surface area contributed by atoms with E-state index in [1.54, 1.807) is 25.1 Å². The van der Waals surface area contributed by atoms with Gasteiger partial charge in [0.2, 0.25) is 5.91 Å². The second-order valence-corrected chi connectivity index (χ2v) is 5.29. The van der Waals surface area contributed by atoms with Gasteiger partial charge in [0.15, 0.2) is 0 Å². The fourth-order valence-electron chi connectivity index (χ4n) is 2.22. The molecular weight excluding hydrogens is 296 g/mol. The number of rotatable bonds is 5. The van der Waals surface area contributed by atoms with E-state index < -0.39 is 4.92 Å². The van der Waals surface area contributed by atoms with Gasteiger partial charge in [-0.05, 0) is 37.1 Å². The second-order valence-electron chi connectivity index (χ2n) is 5.29. The molecule has 0 aliphatic heterocycles. The molecular formula is C17H18N2O4. The van der Waals surface area contributed by atoms with Crippen molar-refractivity contribution in [2.75, 3.05) is 5.32 Å². The monoisotopic (exact) mass is 314 g/mol. The smallest absolute Gasteiger partial charge is 0.272 e. The van der Waals surface area contributed by atoms with Gasteiger partial charge in [0.1, 0.15) is 12.4 Å². The average Bonchev–Trinajstić information content (AvgIpc) is 2.48. The first-order chi connectivity index (χ1) is 10.9. The zero-order chi connectivity index (χ0) is 17.0. The minimum atomic E-state index is -0.408. The van der Waals surface area contributed by atoms with E-state index in [0.717, 1.165) is 11.1 Å². The van der Waals surface area contributed by atoms with Crippen LogP contribution in [0, 0.1) is 24.0 Å². The van der Waals surface area contributed by atoms with E-state index in [9.17, 15) is 14.9 Å². The summed E-state index contributed by atoms with van der Waals surface area (Å²) in [5, 5.41) is 13.7. The summed E-state index contributed by atoms with van der Waals surface area (Å²) in [5.74, 6) is 0.344. The summed E-state index contributed by atoms with van der Waals surface area (Å²) in [7, 11) is 0. The molecule has 0 saturated heterocycles. The zero-order valence-electron chi connectivity index (χ0n) is 13.3. The molecule has 1 amide bonds. The van der Waals surface area contributed by atoms with E-state index in [4.69, 9.17) is 4.74 Å². The Morgan fingerprint density at radius 2 is 2.00 bits per heavy atom. The number of nitro benzene ring substituents is 1. The number of hydrogen-bond donors (Lipinski definition) is 1. The number of ether oxygens (including phenoxy) is 1. The van der Waals surface area contributed by atoms with Gasteiger partial charge in [-0.2, -0.15) is 0 Å². The maximum atomic E-state index is 11.3. The molecule has 2 aromatic carbocycles. The van der Waals surface area contributed by atoms with Crippen LogP contribution in [0.25, 0.3) is 0 Å². The number of nitro groups is 1. The summed E-state index contributed by atoms with van der Waals surface area (Å²) in [6.07, 6.45) is 0. The fraction of sp³-hybridized carbons (Fsp3) is 0.235. The summed E-state index contributed by atoms with van der Waals surface area (Å²) in [5.41, 5.74) is 2.94. The van der Waals surface area contributed by atoms with Crippen molar-refractivity contribution in [1.29, 1.82) is 0 Å². The summed E-state index contributed by atoms with van der Waals surface area (Å²) in [4.78, 5) is 21.8. The molecule has 0 aliphatic carbocycles. The fourth-order valence-corrected chi connectivity index (χ4v) is 2.22. The highest BCUT2D eigenvalue weighted by Crippen LogP contribution is 2.28. The molecule has 0 atom stereocenters. The van der Waals surface area contributed by atoms with Crippen molar-refractivity contribution in [2.24, 2.45) is 0 Å². The van der Waals surface area contributed by atoms with Crippen LogP contribution in [0.1, 0.15) is 23.6 Å². The molecule has 0 aliphatic rings. The van der Waals surface area contributed by atoms with Crippen molar-refractivity contribution in [1.82, 2.24) is 0 Å². The van der Waals surface area contributed by atoms with Crippen molar-refractivity contribution in [3.05, 3.63) is 63.2 Å². The quantitative estimate of drug-likeness (QED) is 0.673. The van der Waals surface area contributed by atoms with Gasteiger partial charge in [0.25, 0.3) is 5.69 Å². The van der Waals surface area contributed by atoms with E-state index in [1.807, 2.05) is 19.1 Å². The third-order valence-corrected chi connectivity index (χ3v) is 3.45. The SMILES string of the molecule is CC(=O)Nc1ccc(C)cc1OCc1cccc([N+](=O)[O-])c1C. The van der Waals surface area contributed by atoms with E-state index in [1.165, 1.54) is 13.0 Å². The van der Waals surface area contributed by atoms with Crippen molar-refractivity contribution in [3.63, 3.8) is 0 Å². The molecule has 23 heavy (non-hydrogen) atoms. The lowest BCUT2D eigenvalue weighted by Crippen LogP contribution is -2.08. The highest BCUT2D eigenvalue weighted by atomic mass is 16.6. The molecule has 0 fully saturated rings. The topological polar surface area (TPSA) is 81.5 Å². The number of anilines is 1. The van der Waals surface area contributed by atoms with Crippen LogP contribution in [0.5, 0.6) is 5.75 Å². The number of amides is 1. The van der Waals surface area contributed by atoms with Gasteiger partial charge in [0, 0.05) is 18.6 Å². The number of benzene rings is 2. The number of aryl methyl sites for hydroxylation is 1. The molecule has 0 saturated carbocycles. The van der Waals surface area contributed by atoms with Crippen molar-refractivity contribution in [3.8, 4) is 5.75 Å². The Morgan fingerprint density at radius 1 is 1.26 bits per heavy atom. The minimum absolute atomic E-state index is 0.0671. The molecule has 2 aromatic rings. The van der Waals surface area contributed by atoms with Crippen LogP contribution in [0.4, 0.5) is 11.4 Å². The standard InChI is InChI=1S/C17H18N2O4/c1-11-7-8-15(18-13(3)20)17(9-11)23-10-14-5-4-6-16(12(14)2)19(21)22/h4-9H,10H2,1-3H3,(H,18,20). The second kappa shape index (κ2) is 6.91.